The molecule has 5 rings (SSSR count). The van der Waals surface area contributed by atoms with E-state index in [2.05, 4.69) is 57.3 Å². The molecule has 0 unspecified atom stereocenters. The second kappa shape index (κ2) is 10.4. The first-order chi connectivity index (χ1) is 17.4. The summed E-state index contributed by atoms with van der Waals surface area (Å²) in [6, 6.07) is 12.7. The van der Waals surface area contributed by atoms with Gasteiger partial charge in [0.2, 0.25) is 0 Å². The number of anilines is 1. The average Bonchev–Trinajstić information content (AvgIpc) is 3.32. The molecule has 0 saturated carbocycles. The van der Waals surface area contributed by atoms with Crippen molar-refractivity contribution in [2.75, 3.05) is 57.5 Å². The van der Waals surface area contributed by atoms with Crippen LogP contribution in [0.15, 0.2) is 49.2 Å². The zero-order chi connectivity index (χ0) is 25.2. The van der Waals surface area contributed by atoms with Crippen molar-refractivity contribution >= 4 is 22.9 Å². The number of pyridine rings is 1. The molecular formula is C29H35N3O4. The lowest BCUT2D eigenvalue weighted by Crippen LogP contribution is -2.36. The molecule has 0 atom stereocenters. The molecule has 0 bridgehead atoms. The van der Waals surface area contributed by atoms with Crippen molar-refractivity contribution < 1.29 is 19.0 Å². The molecular weight excluding hydrogens is 454 g/mol. The van der Waals surface area contributed by atoms with E-state index in [4.69, 9.17) is 14.2 Å². The number of nitrogens with zero attached hydrogens (tertiary/aromatic N) is 3. The Morgan fingerprint density at radius 1 is 0.972 bits per heavy atom. The van der Waals surface area contributed by atoms with Crippen molar-refractivity contribution in [2.45, 2.75) is 26.9 Å². The van der Waals surface area contributed by atoms with E-state index in [1.54, 1.807) is 0 Å². The van der Waals surface area contributed by atoms with Crippen LogP contribution in [-0.4, -0.2) is 74.0 Å². The highest BCUT2D eigenvalue weighted by molar-refractivity contribution is 5.96. The van der Waals surface area contributed by atoms with Gasteiger partial charge in [0.25, 0.3) is 0 Å². The minimum Gasteiger partial charge on any atom is -0.459 e. The van der Waals surface area contributed by atoms with Gasteiger partial charge in [-0.1, -0.05) is 18.7 Å². The second-order valence-corrected chi connectivity index (χ2v) is 9.66. The summed E-state index contributed by atoms with van der Waals surface area (Å²) < 4.78 is 18.8. The lowest BCUT2D eigenvalue weighted by atomic mass is 10.0. The summed E-state index contributed by atoms with van der Waals surface area (Å²) in [5.41, 5.74) is 7.59. The molecule has 190 valence electrons. The van der Waals surface area contributed by atoms with Crippen molar-refractivity contribution in [3.8, 4) is 11.1 Å². The van der Waals surface area contributed by atoms with Gasteiger partial charge in [0, 0.05) is 43.6 Å². The summed E-state index contributed by atoms with van der Waals surface area (Å²) in [6.45, 7) is 16.4. The van der Waals surface area contributed by atoms with Crippen molar-refractivity contribution in [1.82, 2.24) is 9.30 Å². The molecule has 0 N–H and O–H groups in total. The monoisotopic (exact) mass is 489 g/mol. The van der Waals surface area contributed by atoms with Crippen LogP contribution in [0.4, 0.5) is 5.69 Å². The highest BCUT2D eigenvalue weighted by Gasteiger charge is 2.24. The first-order valence-electron chi connectivity index (χ1n) is 12.7. The Kier molecular flexibility index (Phi) is 7.03. The lowest BCUT2D eigenvalue weighted by molar-refractivity contribution is 0.0377. The van der Waals surface area contributed by atoms with Gasteiger partial charge in [-0.2, -0.15) is 0 Å². The van der Waals surface area contributed by atoms with E-state index in [0.717, 1.165) is 73.0 Å². The first kappa shape index (κ1) is 24.4. The predicted octanol–water partition coefficient (Wildman–Crippen LogP) is 4.62. The van der Waals surface area contributed by atoms with Crippen molar-refractivity contribution in [2.24, 2.45) is 0 Å². The number of rotatable bonds is 6. The SMILES string of the molecule is C=C(c1c(C)c(C(=O)OC(C)C)cc2c(-c3ccc(N4CCOCC4)cc3)ccn12)N1CCOCC1. The van der Waals surface area contributed by atoms with Gasteiger partial charge in [-0.15, -0.1) is 0 Å². The molecule has 2 aliphatic rings. The molecule has 2 saturated heterocycles. The maximum atomic E-state index is 13.1. The average molecular weight is 490 g/mol. The molecule has 0 aliphatic carbocycles. The van der Waals surface area contributed by atoms with Crippen LogP contribution in [0.2, 0.25) is 0 Å². The van der Waals surface area contributed by atoms with Gasteiger partial charge < -0.3 is 28.4 Å². The van der Waals surface area contributed by atoms with Crippen LogP contribution < -0.4 is 4.90 Å². The topological polar surface area (TPSA) is 55.6 Å². The Bertz CT molecular complexity index is 1250. The van der Waals surface area contributed by atoms with Crippen LogP contribution in [0, 0.1) is 6.92 Å². The minimum absolute atomic E-state index is 0.196. The van der Waals surface area contributed by atoms with Crippen LogP contribution in [0.25, 0.3) is 22.3 Å². The third kappa shape index (κ3) is 4.73. The van der Waals surface area contributed by atoms with Crippen LogP contribution in [-0.2, 0) is 14.2 Å². The number of benzene rings is 1. The zero-order valence-electron chi connectivity index (χ0n) is 21.5. The van der Waals surface area contributed by atoms with Gasteiger partial charge in [-0.05, 0) is 56.2 Å². The molecule has 0 radical (unpaired) electrons. The van der Waals surface area contributed by atoms with Crippen molar-refractivity contribution in [1.29, 1.82) is 0 Å². The van der Waals surface area contributed by atoms with Crippen LogP contribution in [0.3, 0.4) is 0 Å². The highest BCUT2D eigenvalue weighted by Crippen LogP contribution is 2.34. The van der Waals surface area contributed by atoms with Crippen molar-refractivity contribution in [3.63, 3.8) is 0 Å². The van der Waals surface area contributed by atoms with E-state index < -0.39 is 0 Å². The van der Waals surface area contributed by atoms with E-state index in [1.807, 2.05) is 26.8 Å². The molecule has 36 heavy (non-hydrogen) atoms. The largest absolute Gasteiger partial charge is 0.459 e. The van der Waals surface area contributed by atoms with Gasteiger partial charge in [-0.25, -0.2) is 4.79 Å². The van der Waals surface area contributed by atoms with Crippen LogP contribution >= 0.6 is 0 Å². The quantitative estimate of drug-likeness (QED) is 0.471. The molecule has 2 aliphatic heterocycles. The molecule has 7 heteroatoms. The fourth-order valence-electron chi connectivity index (χ4n) is 5.09. The van der Waals surface area contributed by atoms with Crippen LogP contribution in [0.5, 0.6) is 0 Å². The summed E-state index contributed by atoms with van der Waals surface area (Å²) in [6.07, 6.45) is 1.88. The third-order valence-corrected chi connectivity index (χ3v) is 6.99. The van der Waals surface area contributed by atoms with Crippen molar-refractivity contribution in [3.05, 3.63) is 66.0 Å². The van der Waals surface area contributed by atoms with E-state index in [0.29, 0.717) is 18.8 Å². The molecule has 0 spiro atoms. The van der Waals surface area contributed by atoms with Gasteiger partial charge >= 0.3 is 5.97 Å². The van der Waals surface area contributed by atoms with Gasteiger partial charge in [0.1, 0.15) is 0 Å². The molecule has 7 nitrogen and oxygen atoms in total. The third-order valence-electron chi connectivity index (χ3n) is 6.99. The second-order valence-electron chi connectivity index (χ2n) is 9.66. The van der Waals surface area contributed by atoms with E-state index >= 15 is 0 Å². The van der Waals surface area contributed by atoms with Gasteiger partial charge in [0.15, 0.2) is 0 Å². The highest BCUT2D eigenvalue weighted by atomic mass is 16.5. The fourth-order valence-corrected chi connectivity index (χ4v) is 5.09. The molecule has 3 aromatic rings. The minimum atomic E-state index is -0.309. The van der Waals surface area contributed by atoms with E-state index in [9.17, 15) is 4.79 Å². The standard InChI is InChI=1S/C29H35N3O4/c1-20(2)36-29(33)26-19-27-25(23-5-7-24(8-6-23)31-13-17-35-18-14-31)9-10-32(27)28(21(26)3)22(4)30-11-15-34-16-12-30/h5-10,19-20H,4,11-18H2,1-3H3. The van der Waals surface area contributed by atoms with Gasteiger partial charge in [0.05, 0.1) is 55.0 Å². The number of carbonyl (C=O) groups excluding carboxylic acids is 1. The normalized spacial score (nSPS) is 16.6. The Balaban J connectivity index is 1.59. The summed E-state index contributed by atoms with van der Waals surface area (Å²) >= 11 is 0. The lowest BCUT2D eigenvalue weighted by Gasteiger charge is -2.32. The number of hydrogen-bond acceptors (Lipinski definition) is 6. The number of ether oxygens (including phenoxy) is 3. The first-order valence-corrected chi connectivity index (χ1v) is 12.7. The number of esters is 1. The summed E-state index contributed by atoms with van der Waals surface area (Å²) in [4.78, 5) is 17.7. The maximum absolute atomic E-state index is 13.1. The van der Waals surface area contributed by atoms with Gasteiger partial charge in [-0.3, -0.25) is 0 Å². The number of hydrogen-bond donors (Lipinski definition) is 0. The molecule has 1 aromatic carbocycles. The smallest absolute Gasteiger partial charge is 0.338 e. The molecule has 4 heterocycles. The number of aromatic nitrogens is 1. The number of fused-ring (bicyclic) bond motifs is 1. The summed E-state index contributed by atoms with van der Waals surface area (Å²) in [5, 5.41) is 0. The maximum Gasteiger partial charge on any atom is 0.338 e. The molecule has 2 fully saturated rings. The molecule has 2 aromatic heterocycles. The Morgan fingerprint density at radius 3 is 2.25 bits per heavy atom. The van der Waals surface area contributed by atoms with E-state index in [1.165, 1.54) is 5.69 Å². The predicted molar refractivity (Wildman–Crippen MR) is 143 cm³/mol. The Hall–Kier alpha value is -3.29. The number of carbonyl (C=O) groups is 1. The van der Waals surface area contributed by atoms with Crippen LogP contribution in [0.1, 0.15) is 35.5 Å². The zero-order valence-corrected chi connectivity index (χ0v) is 21.5. The fraction of sp³-hybridized carbons (Fsp3) is 0.414. The Morgan fingerprint density at radius 2 is 1.61 bits per heavy atom. The van der Waals surface area contributed by atoms with E-state index in [-0.39, 0.29) is 12.1 Å². The summed E-state index contributed by atoms with van der Waals surface area (Å²) in [7, 11) is 0. The number of morpholine rings is 2. The summed E-state index contributed by atoms with van der Waals surface area (Å²) in [5.74, 6) is -0.309. The Labute approximate surface area is 212 Å². The molecule has 0 amide bonds.